The number of benzene rings is 2. The predicted molar refractivity (Wildman–Crippen MR) is 147 cm³/mol. The second-order valence-electron chi connectivity index (χ2n) is 9.72. The van der Waals surface area contributed by atoms with E-state index in [4.69, 9.17) is 19.4 Å². The summed E-state index contributed by atoms with van der Waals surface area (Å²) >= 11 is 0. The Morgan fingerprint density at radius 1 is 1.05 bits per heavy atom. The summed E-state index contributed by atoms with van der Waals surface area (Å²) in [6, 6.07) is 19.1. The molecule has 2 aliphatic rings. The van der Waals surface area contributed by atoms with Crippen LogP contribution in [0, 0.1) is 18.3 Å². The van der Waals surface area contributed by atoms with Crippen molar-refractivity contribution in [3.05, 3.63) is 88.8 Å². The zero-order chi connectivity index (χ0) is 26.8. The summed E-state index contributed by atoms with van der Waals surface area (Å²) in [4.78, 5) is 26.4. The second kappa shape index (κ2) is 10.6. The third-order valence-corrected chi connectivity index (χ3v) is 7.14. The van der Waals surface area contributed by atoms with Gasteiger partial charge in [-0.05, 0) is 79.1 Å². The van der Waals surface area contributed by atoms with Gasteiger partial charge in [-0.2, -0.15) is 5.26 Å². The molecule has 2 aromatic heterocycles. The molecule has 0 spiro atoms. The van der Waals surface area contributed by atoms with Gasteiger partial charge in [-0.15, -0.1) is 0 Å². The number of nitriles is 1. The summed E-state index contributed by atoms with van der Waals surface area (Å²) < 4.78 is 11.7. The van der Waals surface area contributed by atoms with Crippen molar-refractivity contribution in [2.75, 3.05) is 43.1 Å². The molecule has 2 aliphatic heterocycles. The summed E-state index contributed by atoms with van der Waals surface area (Å²) in [5, 5.41) is 12.3. The van der Waals surface area contributed by atoms with E-state index in [9.17, 15) is 4.79 Å². The maximum absolute atomic E-state index is 13.0. The number of hydrogen-bond acceptors (Lipinski definition) is 8. The fourth-order valence-corrected chi connectivity index (χ4v) is 4.94. The minimum Gasteiger partial charge on any atom is -0.457 e. The summed E-state index contributed by atoms with van der Waals surface area (Å²) in [7, 11) is 0. The number of amides is 1. The number of anilines is 3. The topological polar surface area (TPSA) is 108 Å². The van der Waals surface area contributed by atoms with Gasteiger partial charge in [-0.3, -0.25) is 4.79 Å². The van der Waals surface area contributed by atoms with Crippen LogP contribution in [0.3, 0.4) is 0 Å². The Kier molecular flexibility index (Phi) is 6.69. The highest BCUT2D eigenvalue weighted by Gasteiger charge is 2.26. The average molecular weight is 521 g/mol. The van der Waals surface area contributed by atoms with Crippen molar-refractivity contribution in [2.45, 2.75) is 19.9 Å². The predicted octanol–water partition coefficient (Wildman–Crippen LogP) is 4.70. The number of aromatic nitrogens is 2. The molecule has 0 unspecified atom stereocenters. The number of aryl methyl sites for hydroxylation is 1. The van der Waals surface area contributed by atoms with E-state index in [-0.39, 0.29) is 5.91 Å². The van der Waals surface area contributed by atoms with E-state index in [1.54, 1.807) is 35.4 Å². The lowest BCUT2D eigenvalue weighted by molar-refractivity contribution is 0.0720. The summed E-state index contributed by atoms with van der Waals surface area (Å²) in [5.41, 5.74) is 5.86. The molecular formula is C30H28N6O3. The first-order valence-corrected chi connectivity index (χ1v) is 13.0. The summed E-state index contributed by atoms with van der Waals surface area (Å²) in [6.45, 7) is 6.24. The van der Waals surface area contributed by atoms with Gasteiger partial charge in [0.1, 0.15) is 11.5 Å². The Hall–Kier alpha value is -4.68. The lowest BCUT2D eigenvalue weighted by Crippen LogP contribution is -2.36. The van der Waals surface area contributed by atoms with Crippen LogP contribution in [-0.2, 0) is 17.7 Å². The molecular weight excluding hydrogens is 492 g/mol. The molecule has 0 atom stereocenters. The van der Waals surface area contributed by atoms with Gasteiger partial charge in [-0.25, -0.2) is 9.97 Å². The van der Waals surface area contributed by atoms with Gasteiger partial charge < -0.3 is 24.3 Å². The third-order valence-electron chi connectivity index (χ3n) is 7.14. The molecule has 0 saturated carbocycles. The van der Waals surface area contributed by atoms with Crippen LogP contribution in [0.4, 0.5) is 17.3 Å². The molecule has 4 aromatic rings. The van der Waals surface area contributed by atoms with Gasteiger partial charge in [0.05, 0.1) is 31.4 Å². The smallest absolute Gasteiger partial charge is 0.254 e. The number of nitrogens with zero attached hydrogens (tertiary/aromatic N) is 5. The van der Waals surface area contributed by atoms with Crippen LogP contribution in [0.15, 0.2) is 65.2 Å². The molecule has 196 valence electrons. The number of morpholine rings is 1. The Balaban J connectivity index is 1.17. The van der Waals surface area contributed by atoms with Crippen molar-refractivity contribution in [2.24, 2.45) is 0 Å². The zero-order valence-electron chi connectivity index (χ0n) is 21.7. The highest BCUT2D eigenvalue weighted by molar-refractivity contribution is 5.94. The number of ether oxygens (including phenoxy) is 1. The molecule has 0 radical (unpaired) electrons. The number of nitrogens with one attached hydrogen (secondary N) is 1. The standard InChI is InChI=1S/C30H28N6O3/c1-20-18-32-30(33-24-6-8-25(9-7-24)35-12-14-38-15-13-35)34-28(20)26-16-23-10-11-36(19-27(23)39-26)29(37)22-4-2-21(17-31)3-5-22/h2-9,16,18H,10-15,19H2,1H3,(H,32,33,34). The first-order chi connectivity index (χ1) is 19.1. The monoisotopic (exact) mass is 520 g/mol. The third kappa shape index (κ3) is 5.19. The van der Waals surface area contributed by atoms with E-state index < -0.39 is 0 Å². The largest absolute Gasteiger partial charge is 0.457 e. The second-order valence-corrected chi connectivity index (χ2v) is 9.72. The number of carbonyl (C=O) groups is 1. The van der Waals surface area contributed by atoms with Crippen LogP contribution in [0.2, 0.25) is 0 Å². The van der Waals surface area contributed by atoms with Crippen molar-refractivity contribution >= 4 is 23.2 Å². The van der Waals surface area contributed by atoms with Crippen molar-refractivity contribution in [1.29, 1.82) is 5.26 Å². The van der Waals surface area contributed by atoms with Gasteiger partial charge in [0, 0.05) is 42.8 Å². The Bertz CT molecular complexity index is 1530. The van der Waals surface area contributed by atoms with Crippen LogP contribution in [-0.4, -0.2) is 53.6 Å². The minimum atomic E-state index is -0.0765. The normalized spacial score (nSPS) is 15.0. The molecule has 1 fully saturated rings. The molecule has 39 heavy (non-hydrogen) atoms. The van der Waals surface area contributed by atoms with Crippen LogP contribution in [0.1, 0.15) is 32.8 Å². The highest BCUT2D eigenvalue weighted by Crippen LogP contribution is 2.31. The number of fused-ring (bicyclic) bond motifs is 1. The quantitative estimate of drug-likeness (QED) is 0.404. The van der Waals surface area contributed by atoms with Gasteiger partial charge in [0.2, 0.25) is 5.95 Å². The molecule has 9 nitrogen and oxygen atoms in total. The lowest BCUT2D eigenvalue weighted by atomic mass is 10.1. The first-order valence-electron chi connectivity index (χ1n) is 13.0. The maximum atomic E-state index is 13.0. The maximum Gasteiger partial charge on any atom is 0.254 e. The molecule has 4 heterocycles. The molecule has 0 bridgehead atoms. The van der Waals surface area contributed by atoms with Gasteiger partial charge >= 0.3 is 0 Å². The van der Waals surface area contributed by atoms with Crippen LogP contribution < -0.4 is 10.2 Å². The lowest BCUT2D eigenvalue weighted by Gasteiger charge is -2.28. The SMILES string of the molecule is Cc1cnc(Nc2ccc(N3CCOCC3)cc2)nc1-c1cc2c(o1)CN(C(=O)c1ccc(C#N)cc1)CC2. The van der Waals surface area contributed by atoms with E-state index in [0.717, 1.165) is 54.6 Å². The number of rotatable bonds is 5. The number of furan rings is 1. The van der Waals surface area contributed by atoms with Crippen LogP contribution in [0.5, 0.6) is 0 Å². The molecule has 1 amide bonds. The first kappa shape index (κ1) is 24.6. The number of hydrogen-bond donors (Lipinski definition) is 1. The molecule has 2 aromatic carbocycles. The fraction of sp³-hybridized carbons (Fsp3) is 0.267. The van der Waals surface area contributed by atoms with E-state index in [1.165, 1.54) is 5.69 Å². The van der Waals surface area contributed by atoms with Gasteiger partial charge in [0.15, 0.2) is 5.76 Å². The van der Waals surface area contributed by atoms with Crippen molar-refractivity contribution in [1.82, 2.24) is 14.9 Å². The minimum absolute atomic E-state index is 0.0765. The Morgan fingerprint density at radius 3 is 2.56 bits per heavy atom. The Labute approximate surface area is 226 Å². The van der Waals surface area contributed by atoms with Gasteiger partial charge in [0.25, 0.3) is 5.91 Å². The van der Waals surface area contributed by atoms with E-state index in [2.05, 4.69) is 33.4 Å². The molecule has 6 rings (SSSR count). The van der Waals surface area contributed by atoms with E-state index in [1.807, 2.05) is 25.1 Å². The molecule has 0 aliphatic carbocycles. The number of carbonyl (C=O) groups excluding carboxylic acids is 1. The molecule has 9 heteroatoms. The Morgan fingerprint density at radius 2 is 1.82 bits per heavy atom. The summed E-state index contributed by atoms with van der Waals surface area (Å²) in [5.74, 6) is 1.84. The highest BCUT2D eigenvalue weighted by atomic mass is 16.5. The van der Waals surface area contributed by atoms with Crippen molar-refractivity contribution < 1.29 is 13.9 Å². The van der Waals surface area contributed by atoms with E-state index in [0.29, 0.717) is 42.3 Å². The average Bonchev–Trinajstić information content (AvgIpc) is 3.42. The fourth-order valence-electron chi connectivity index (χ4n) is 4.94. The van der Waals surface area contributed by atoms with Crippen molar-refractivity contribution in [3.8, 4) is 17.5 Å². The zero-order valence-corrected chi connectivity index (χ0v) is 21.7. The van der Waals surface area contributed by atoms with Crippen LogP contribution >= 0.6 is 0 Å². The molecule has 1 saturated heterocycles. The van der Waals surface area contributed by atoms with Gasteiger partial charge in [-0.1, -0.05) is 0 Å². The van der Waals surface area contributed by atoms with E-state index >= 15 is 0 Å². The van der Waals surface area contributed by atoms with Crippen molar-refractivity contribution in [3.63, 3.8) is 0 Å². The molecule has 1 N–H and O–H groups in total. The van der Waals surface area contributed by atoms with Crippen LogP contribution in [0.25, 0.3) is 11.5 Å². The summed E-state index contributed by atoms with van der Waals surface area (Å²) in [6.07, 6.45) is 2.49.